The number of rotatable bonds is 6. The van der Waals surface area contributed by atoms with Gasteiger partial charge in [-0.2, -0.15) is 9.97 Å². The maximum atomic E-state index is 15.0. The van der Waals surface area contributed by atoms with Gasteiger partial charge in [0.25, 0.3) is 5.56 Å². The van der Waals surface area contributed by atoms with Gasteiger partial charge >= 0.3 is 0 Å². The van der Waals surface area contributed by atoms with E-state index in [1.54, 1.807) is 17.0 Å². The zero-order valence-electron chi connectivity index (χ0n) is 20.4. The molecule has 3 aromatic heterocycles. The first-order valence-corrected chi connectivity index (χ1v) is 11.7. The van der Waals surface area contributed by atoms with Crippen LogP contribution in [0.25, 0.3) is 16.9 Å². The van der Waals surface area contributed by atoms with Crippen molar-refractivity contribution < 1.29 is 13.6 Å². The predicted octanol–water partition coefficient (Wildman–Crippen LogP) is 2.47. The first-order valence-electron chi connectivity index (χ1n) is 11.7. The van der Waals surface area contributed by atoms with Gasteiger partial charge in [0.1, 0.15) is 17.5 Å². The summed E-state index contributed by atoms with van der Waals surface area (Å²) in [4.78, 5) is 44.5. The van der Waals surface area contributed by atoms with Crippen LogP contribution in [0.4, 0.5) is 31.8 Å². The molecule has 1 amide bonds. The number of anilines is 4. The van der Waals surface area contributed by atoms with E-state index in [-0.39, 0.29) is 28.4 Å². The number of carbonyl (C=O) groups excluding carboxylic acids is 1. The van der Waals surface area contributed by atoms with Crippen LogP contribution < -0.4 is 21.1 Å². The number of hydrogen-bond acceptors (Lipinski definition) is 9. The van der Waals surface area contributed by atoms with Crippen LogP contribution in [0.2, 0.25) is 0 Å². The Morgan fingerprint density at radius 2 is 1.87 bits per heavy atom. The number of fused-ring (bicyclic) bond motifs is 1. The topological polar surface area (TPSA) is 121 Å². The third kappa shape index (κ3) is 4.91. The second kappa shape index (κ2) is 10.3. The van der Waals surface area contributed by atoms with E-state index in [9.17, 15) is 14.0 Å². The zero-order valence-corrected chi connectivity index (χ0v) is 20.4. The number of likely N-dealkylation sites (N-methyl/N-ethyl adjacent to an activating group) is 1. The molecule has 0 atom stereocenters. The number of carbonyl (C=O) groups is 1. The van der Waals surface area contributed by atoms with Gasteiger partial charge in [-0.3, -0.25) is 14.2 Å². The SMILES string of the molecule is C=CC(=O)Nc1ccnc(-n2cnc(=O)c3cnc(Nc4ccc(N5CCN(C)CC5)c(F)c4F)nc32)c1. The van der Waals surface area contributed by atoms with Gasteiger partial charge in [0.15, 0.2) is 17.3 Å². The van der Waals surface area contributed by atoms with E-state index < -0.39 is 23.1 Å². The fourth-order valence-electron chi connectivity index (χ4n) is 4.04. The Kier molecular flexibility index (Phi) is 6.75. The molecule has 13 heteroatoms. The quantitative estimate of drug-likeness (QED) is 0.370. The lowest BCUT2D eigenvalue weighted by atomic mass is 10.2. The van der Waals surface area contributed by atoms with Gasteiger partial charge in [-0.25, -0.2) is 18.7 Å². The standard InChI is InChI=1S/C25H23F2N9O2/c1-3-20(37)31-15-6-7-28-19(12-15)36-14-30-24(38)16-13-29-25(33-23(16)36)32-17-4-5-18(22(27)21(17)26)35-10-8-34(2)9-11-35/h3-7,12-14H,1,8-11H2,2H3,(H,28,31,37)(H,29,32,33). The number of nitrogens with one attached hydrogen (secondary N) is 2. The first kappa shape index (κ1) is 24.9. The molecule has 1 aliphatic heterocycles. The van der Waals surface area contributed by atoms with E-state index in [0.29, 0.717) is 24.6 Å². The van der Waals surface area contributed by atoms with Gasteiger partial charge in [-0.1, -0.05) is 6.58 Å². The Labute approximate surface area is 215 Å². The van der Waals surface area contributed by atoms with Crippen LogP contribution in [0, 0.1) is 11.6 Å². The van der Waals surface area contributed by atoms with Crippen molar-refractivity contribution in [3.8, 4) is 5.82 Å². The lowest BCUT2D eigenvalue weighted by Crippen LogP contribution is -2.44. The largest absolute Gasteiger partial charge is 0.367 e. The van der Waals surface area contributed by atoms with Crippen LogP contribution in [0.5, 0.6) is 0 Å². The average Bonchev–Trinajstić information content (AvgIpc) is 2.92. The van der Waals surface area contributed by atoms with Crippen molar-refractivity contribution >= 4 is 40.0 Å². The van der Waals surface area contributed by atoms with Crippen LogP contribution in [0.3, 0.4) is 0 Å². The minimum absolute atomic E-state index is 0.0707. The van der Waals surface area contributed by atoms with Crippen molar-refractivity contribution in [1.82, 2.24) is 29.4 Å². The lowest BCUT2D eigenvalue weighted by Gasteiger charge is -2.34. The molecule has 0 aliphatic carbocycles. The van der Waals surface area contributed by atoms with Gasteiger partial charge in [-0.05, 0) is 31.3 Å². The summed E-state index contributed by atoms with van der Waals surface area (Å²) in [5.41, 5.74) is 0.00637. The van der Waals surface area contributed by atoms with Crippen LogP contribution in [0.1, 0.15) is 0 Å². The van der Waals surface area contributed by atoms with Crippen molar-refractivity contribution in [3.63, 3.8) is 0 Å². The summed E-state index contributed by atoms with van der Waals surface area (Å²) in [7, 11) is 1.98. The molecule has 0 spiro atoms. The molecule has 4 aromatic rings. The molecule has 1 fully saturated rings. The van der Waals surface area contributed by atoms with Crippen molar-refractivity contribution in [1.29, 1.82) is 0 Å². The Morgan fingerprint density at radius 3 is 2.63 bits per heavy atom. The van der Waals surface area contributed by atoms with E-state index in [4.69, 9.17) is 0 Å². The third-order valence-electron chi connectivity index (χ3n) is 6.12. The molecular formula is C25H23F2N9O2. The highest BCUT2D eigenvalue weighted by Crippen LogP contribution is 2.29. The number of aromatic nitrogens is 5. The fourth-order valence-corrected chi connectivity index (χ4v) is 4.04. The summed E-state index contributed by atoms with van der Waals surface area (Å²) in [5.74, 6) is -2.22. The van der Waals surface area contributed by atoms with Crippen LogP contribution in [-0.2, 0) is 4.79 Å². The molecule has 1 saturated heterocycles. The molecule has 2 N–H and O–H groups in total. The molecular weight excluding hydrogens is 496 g/mol. The number of piperazine rings is 1. The van der Waals surface area contributed by atoms with E-state index in [0.717, 1.165) is 19.2 Å². The molecule has 1 aromatic carbocycles. The molecule has 0 unspecified atom stereocenters. The van der Waals surface area contributed by atoms with Gasteiger partial charge in [-0.15, -0.1) is 0 Å². The Balaban J connectivity index is 1.48. The Morgan fingerprint density at radius 1 is 1.08 bits per heavy atom. The van der Waals surface area contributed by atoms with Crippen LogP contribution in [0.15, 0.2) is 60.4 Å². The van der Waals surface area contributed by atoms with Crippen LogP contribution >= 0.6 is 0 Å². The average molecular weight is 520 g/mol. The predicted molar refractivity (Wildman–Crippen MR) is 139 cm³/mol. The second-order valence-corrected chi connectivity index (χ2v) is 8.62. The number of hydrogen-bond donors (Lipinski definition) is 2. The van der Waals surface area contributed by atoms with E-state index in [1.165, 1.54) is 35.4 Å². The van der Waals surface area contributed by atoms with Gasteiger partial charge < -0.3 is 20.4 Å². The zero-order chi connectivity index (χ0) is 26.8. The number of benzene rings is 1. The molecule has 5 rings (SSSR count). The lowest BCUT2D eigenvalue weighted by molar-refractivity contribution is -0.111. The van der Waals surface area contributed by atoms with E-state index >= 15 is 4.39 Å². The monoisotopic (exact) mass is 519 g/mol. The van der Waals surface area contributed by atoms with Crippen LogP contribution in [-0.4, -0.2) is 68.5 Å². The molecule has 1 aliphatic rings. The summed E-state index contributed by atoms with van der Waals surface area (Å²) < 4.78 is 31.4. The fraction of sp³-hybridized carbons (Fsp3) is 0.200. The summed E-state index contributed by atoms with van der Waals surface area (Å²) in [6.07, 6.45) is 5.06. The van der Waals surface area contributed by atoms with Crippen molar-refractivity contribution in [2.45, 2.75) is 0 Å². The summed E-state index contributed by atoms with van der Waals surface area (Å²) >= 11 is 0. The molecule has 0 radical (unpaired) electrons. The minimum atomic E-state index is -1.07. The van der Waals surface area contributed by atoms with Gasteiger partial charge in [0.05, 0.1) is 11.4 Å². The van der Waals surface area contributed by atoms with Crippen molar-refractivity contribution in [2.75, 3.05) is 48.8 Å². The molecule has 0 saturated carbocycles. The Hall–Kier alpha value is -4.78. The molecule has 4 heterocycles. The van der Waals surface area contributed by atoms with Gasteiger partial charge in [0, 0.05) is 50.3 Å². The van der Waals surface area contributed by atoms with Gasteiger partial charge in [0.2, 0.25) is 11.9 Å². The van der Waals surface area contributed by atoms with E-state index in [2.05, 4.69) is 42.0 Å². The summed E-state index contributed by atoms with van der Waals surface area (Å²) in [5, 5.41) is 5.40. The molecule has 11 nitrogen and oxygen atoms in total. The minimum Gasteiger partial charge on any atom is -0.367 e. The maximum Gasteiger partial charge on any atom is 0.283 e. The number of pyridine rings is 1. The molecule has 0 bridgehead atoms. The molecule has 38 heavy (non-hydrogen) atoms. The molecule has 194 valence electrons. The van der Waals surface area contributed by atoms with E-state index in [1.807, 2.05) is 7.05 Å². The highest BCUT2D eigenvalue weighted by atomic mass is 19.2. The van der Waals surface area contributed by atoms with Crippen molar-refractivity contribution in [2.24, 2.45) is 0 Å². The highest BCUT2D eigenvalue weighted by molar-refractivity contribution is 5.99. The number of halogens is 2. The smallest absolute Gasteiger partial charge is 0.283 e. The maximum absolute atomic E-state index is 15.0. The third-order valence-corrected chi connectivity index (χ3v) is 6.12. The van der Waals surface area contributed by atoms with Crippen molar-refractivity contribution in [3.05, 3.63) is 77.6 Å². The Bertz CT molecular complexity index is 1600. The first-order chi connectivity index (χ1) is 18.3. The summed E-state index contributed by atoms with van der Waals surface area (Å²) in [6.45, 7) is 6.10. The number of nitrogens with zero attached hydrogens (tertiary/aromatic N) is 7. The summed E-state index contributed by atoms with van der Waals surface area (Å²) in [6, 6.07) is 6.06. The highest BCUT2D eigenvalue weighted by Gasteiger charge is 2.22. The number of amides is 1. The normalized spacial score (nSPS) is 13.9. The second-order valence-electron chi connectivity index (χ2n) is 8.62.